The molecule has 0 amide bonds. The standard InChI is InChI=1S/C11H15NO.ClH/c1-13-10-5-3-2-4-9(10)8-11(12)6-7-11;/h2-5H,6-8,12H2,1H3;1H. The van der Waals surface area contributed by atoms with Gasteiger partial charge < -0.3 is 10.5 Å². The first kappa shape index (κ1) is 11.3. The van der Waals surface area contributed by atoms with Crippen LogP contribution in [0.2, 0.25) is 0 Å². The van der Waals surface area contributed by atoms with Crippen molar-refractivity contribution in [1.29, 1.82) is 0 Å². The van der Waals surface area contributed by atoms with Gasteiger partial charge in [-0.3, -0.25) is 0 Å². The summed E-state index contributed by atoms with van der Waals surface area (Å²) in [5.74, 6) is 0.958. The lowest BCUT2D eigenvalue weighted by Gasteiger charge is -2.11. The first-order chi connectivity index (χ1) is 6.23. The van der Waals surface area contributed by atoms with E-state index in [9.17, 15) is 0 Å². The number of ether oxygens (including phenoxy) is 1. The van der Waals surface area contributed by atoms with Crippen LogP contribution in [0.4, 0.5) is 0 Å². The van der Waals surface area contributed by atoms with Crippen LogP contribution in [-0.2, 0) is 6.42 Å². The third-order valence-corrected chi connectivity index (χ3v) is 2.63. The van der Waals surface area contributed by atoms with Crippen LogP contribution in [0.25, 0.3) is 0 Å². The highest BCUT2D eigenvalue weighted by atomic mass is 35.5. The summed E-state index contributed by atoms with van der Waals surface area (Å²) in [6, 6.07) is 8.09. The zero-order valence-corrected chi connectivity index (χ0v) is 9.14. The summed E-state index contributed by atoms with van der Waals surface area (Å²) in [6.07, 6.45) is 3.23. The number of para-hydroxylation sites is 1. The summed E-state index contributed by atoms with van der Waals surface area (Å²) < 4.78 is 5.26. The number of benzene rings is 1. The summed E-state index contributed by atoms with van der Waals surface area (Å²) in [5, 5.41) is 0. The number of hydrogen-bond acceptors (Lipinski definition) is 2. The van der Waals surface area contributed by atoms with E-state index in [1.54, 1.807) is 7.11 Å². The summed E-state index contributed by atoms with van der Waals surface area (Å²) in [4.78, 5) is 0. The Hall–Kier alpha value is -0.730. The Bertz CT molecular complexity index is 310. The normalized spacial score (nSPS) is 17.0. The number of methoxy groups -OCH3 is 1. The summed E-state index contributed by atoms with van der Waals surface area (Å²) >= 11 is 0. The molecule has 1 aliphatic rings. The van der Waals surface area contributed by atoms with Crippen LogP contribution in [0.3, 0.4) is 0 Å². The molecule has 3 heteroatoms. The van der Waals surface area contributed by atoms with Gasteiger partial charge in [0.1, 0.15) is 5.75 Å². The highest BCUT2D eigenvalue weighted by molar-refractivity contribution is 5.85. The van der Waals surface area contributed by atoms with Crippen molar-refractivity contribution in [1.82, 2.24) is 0 Å². The lowest BCUT2D eigenvalue weighted by atomic mass is 10.0. The van der Waals surface area contributed by atoms with Crippen LogP contribution in [0.5, 0.6) is 5.75 Å². The molecule has 14 heavy (non-hydrogen) atoms. The summed E-state index contributed by atoms with van der Waals surface area (Å²) in [7, 11) is 1.70. The van der Waals surface area contributed by atoms with Crippen LogP contribution in [0.15, 0.2) is 24.3 Å². The quantitative estimate of drug-likeness (QED) is 0.835. The Kier molecular flexibility index (Phi) is 3.40. The molecule has 78 valence electrons. The van der Waals surface area contributed by atoms with Gasteiger partial charge in [0.2, 0.25) is 0 Å². The van der Waals surface area contributed by atoms with Crippen LogP contribution in [0.1, 0.15) is 18.4 Å². The predicted octanol–water partition coefficient (Wildman–Crippen LogP) is 2.15. The molecular formula is C11H16ClNO. The molecule has 0 saturated heterocycles. The first-order valence-electron chi connectivity index (χ1n) is 4.64. The highest BCUT2D eigenvalue weighted by Crippen LogP contribution is 2.37. The van der Waals surface area contributed by atoms with E-state index in [2.05, 4.69) is 6.07 Å². The van der Waals surface area contributed by atoms with Gasteiger partial charge in [-0.05, 0) is 30.9 Å². The minimum absolute atomic E-state index is 0. The molecule has 0 radical (unpaired) electrons. The maximum absolute atomic E-state index is 6.05. The second-order valence-corrected chi connectivity index (χ2v) is 3.85. The van der Waals surface area contributed by atoms with Crippen molar-refractivity contribution in [2.24, 2.45) is 5.73 Å². The van der Waals surface area contributed by atoms with Gasteiger partial charge >= 0.3 is 0 Å². The second-order valence-electron chi connectivity index (χ2n) is 3.85. The zero-order chi connectivity index (χ0) is 9.31. The van der Waals surface area contributed by atoms with Gasteiger partial charge in [-0.1, -0.05) is 18.2 Å². The van der Waals surface area contributed by atoms with Gasteiger partial charge in [-0.15, -0.1) is 12.4 Å². The smallest absolute Gasteiger partial charge is 0.122 e. The van der Waals surface area contributed by atoms with Crippen LogP contribution in [0, 0.1) is 0 Å². The highest BCUT2D eigenvalue weighted by Gasteiger charge is 2.38. The SMILES string of the molecule is COc1ccccc1CC1(N)CC1.Cl. The van der Waals surface area contributed by atoms with Crippen molar-refractivity contribution in [3.63, 3.8) is 0 Å². The minimum Gasteiger partial charge on any atom is -0.496 e. The predicted molar refractivity (Wildman–Crippen MR) is 60.1 cm³/mol. The average Bonchev–Trinajstić information content (AvgIpc) is 2.84. The topological polar surface area (TPSA) is 35.2 Å². The van der Waals surface area contributed by atoms with Gasteiger partial charge in [0.15, 0.2) is 0 Å². The summed E-state index contributed by atoms with van der Waals surface area (Å²) in [5.41, 5.74) is 7.34. The molecule has 0 aromatic heterocycles. The third kappa shape index (κ3) is 2.40. The van der Waals surface area contributed by atoms with Crippen LogP contribution < -0.4 is 10.5 Å². The third-order valence-electron chi connectivity index (χ3n) is 2.63. The van der Waals surface area contributed by atoms with Gasteiger partial charge in [0.05, 0.1) is 7.11 Å². The van der Waals surface area contributed by atoms with E-state index in [0.29, 0.717) is 0 Å². The molecule has 1 aromatic rings. The van der Waals surface area contributed by atoms with E-state index in [-0.39, 0.29) is 17.9 Å². The fourth-order valence-corrected chi connectivity index (χ4v) is 1.57. The molecule has 0 heterocycles. The van der Waals surface area contributed by atoms with Crippen LogP contribution >= 0.6 is 12.4 Å². The maximum atomic E-state index is 6.05. The molecule has 0 atom stereocenters. The Morgan fingerprint density at radius 3 is 2.57 bits per heavy atom. The van der Waals surface area contributed by atoms with Crippen molar-refractivity contribution in [3.8, 4) is 5.75 Å². The average molecular weight is 214 g/mol. The number of rotatable bonds is 3. The lowest BCUT2D eigenvalue weighted by molar-refractivity contribution is 0.407. The van der Waals surface area contributed by atoms with Gasteiger partial charge in [0, 0.05) is 5.54 Å². The zero-order valence-electron chi connectivity index (χ0n) is 8.32. The van der Waals surface area contributed by atoms with E-state index >= 15 is 0 Å². The van der Waals surface area contributed by atoms with Crippen molar-refractivity contribution < 1.29 is 4.74 Å². The molecule has 1 aliphatic carbocycles. The van der Waals surface area contributed by atoms with Gasteiger partial charge in [0.25, 0.3) is 0 Å². The number of halogens is 1. The molecule has 0 spiro atoms. The molecule has 2 rings (SSSR count). The maximum Gasteiger partial charge on any atom is 0.122 e. The minimum atomic E-state index is 0. The fraction of sp³-hybridized carbons (Fsp3) is 0.455. The number of nitrogens with two attached hydrogens (primary N) is 1. The molecule has 1 fully saturated rings. The van der Waals surface area contributed by atoms with E-state index in [4.69, 9.17) is 10.5 Å². The number of hydrogen-bond donors (Lipinski definition) is 1. The molecule has 1 aromatic carbocycles. The fourth-order valence-electron chi connectivity index (χ4n) is 1.57. The first-order valence-corrected chi connectivity index (χ1v) is 4.64. The van der Waals surface area contributed by atoms with Crippen LogP contribution in [-0.4, -0.2) is 12.6 Å². The molecule has 0 aliphatic heterocycles. The van der Waals surface area contributed by atoms with Gasteiger partial charge in [-0.25, -0.2) is 0 Å². The largest absolute Gasteiger partial charge is 0.496 e. The Balaban J connectivity index is 0.000000980. The molecule has 2 N–H and O–H groups in total. The van der Waals surface area contributed by atoms with Crippen molar-refractivity contribution in [2.75, 3.05) is 7.11 Å². The molecular weight excluding hydrogens is 198 g/mol. The van der Waals surface area contributed by atoms with Crippen molar-refractivity contribution in [3.05, 3.63) is 29.8 Å². The van der Waals surface area contributed by atoms with Crippen molar-refractivity contribution >= 4 is 12.4 Å². The van der Waals surface area contributed by atoms with Gasteiger partial charge in [-0.2, -0.15) is 0 Å². The van der Waals surface area contributed by atoms with Crippen molar-refractivity contribution in [2.45, 2.75) is 24.8 Å². The summed E-state index contributed by atoms with van der Waals surface area (Å²) in [6.45, 7) is 0. The monoisotopic (exact) mass is 213 g/mol. The molecule has 0 bridgehead atoms. The van der Waals surface area contributed by atoms with E-state index < -0.39 is 0 Å². The van der Waals surface area contributed by atoms with E-state index in [0.717, 1.165) is 25.0 Å². The lowest BCUT2D eigenvalue weighted by Crippen LogP contribution is -2.24. The van der Waals surface area contributed by atoms with E-state index in [1.807, 2.05) is 18.2 Å². The Morgan fingerprint density at radius 2 is 2.00 bits per heavy atom. The molecule has 2 nitrogen and oxygen atoms in total. The molecule has 0 unspecified atom stereocenters. The molecule has 1 saturated carbocycles. The second kappa shape index (κ2) is 4.20. The Morgan fingerprint density at radius 1 is 1.36 bits per heavy atom. The Labute approximate surface area is 90.9 Å². The van der Waals surface area contributed by atoms with E-state index in [1.165, 1.54) is 5.56 Å².